The summed E-state index contributed by atoms with van der Waals surface area (Å²) in [6.45, 7) is 6.93. The molecule has 0 unspecified atom stereocenters. The molecule has 0 bridgehead atoms. The molecule has 1 saturated heterocycles. The first kappa shape index (κ1) is 15.8. The Balaban J connectivity index is 1.59. The maximum atomic E-state index is 11.6. The van der Waals surface area contributed by atoms with Crippen molar-refractivity contribution < 1.29 is 9.53 Å². The van der Waals surface area contributed by atoms with Crippen molar-refractivity contribution >= 4 is 6.09 Å². The number of nitrogens with one attached hydrogen (secondary N) is 2. The van der Waals surface area contributed by atoms with E-state index in [0.717, 1.165) is 51.0 Å². The number of aryl methyl sites for hydroxylation is 2. The zero-order valence-corrected chi connectivity index (χ0v) is 13.0. The molecule has 0 atom stereocenters. The molecule has 0 radical (unpaired) electrons. The number of aromatic nitrogens is 2. The molecular weight excluding hydrogens is 268 g/mol. The van der Waals surface area contributed by atoms with Gasteiger partial charge in [0.05, 0.1) is 12.8 Å². The van der Waals surface area contributed by atoms with E-state index in [-0.39, 0.29) is 6.09 Å². The van der Waals surface area contributed by atoms with E-state index in [1.807, 2.05) is 13.1 Å². The SMILES string of the molecule is CCOC(=O)N1CCC(NCCCc2cn[nH]c2C)CC1. The van der Waals surface area contributed by atoms with Crippen molar-refractivity contribution in [3.8, 4) is 0 Å². The Labute approximate surface area is 126 Å². The van der Waals surface area contributed by atoms with Crippen molar-refractivity contribution in [3.63, 3.8) is 0 Å². The fraction of sp³-hybridized carbons (Fsp3) is 0.733. The van der Waals surface area contributed by atoms with Crippen LogP contribution in [-0.2, 0) is 11.2 Å². The third-order valence-electron chi connectivity index (χ3n) is 4.01. The van der Waals surface area contributed by atoms with Gasteiger partial charge in [-0.2, -0.15) is 5.10 Å². The van der Waals surface area contributed by atoms with Crippen LogP contribution in [0.4, 0.5) is 4.79 Å². The summed E-state index contributed by atoms with van der Waals surface area (Å²) in [7, 11) is 0. The predicted octanol–water partition coefficient (Wildman–Crippen LogP) is 1.86. The summed E-state index contributed by atoms with van der Waals surface area (Å²) >= 11 is 0. The number of piperidine rings is 1. The Kier molecular flexibility index (Phi) is 6.04. The van der Waals surface area contributed by atoms with Gasteiger partial charge in [-0.15, -0.1) is 0 Å². The number of nitrogens with zero attached hydrogens (tertiary/aromatic N) is 2. The van der Waals surface area contributed by atoms with Crippen LogP contribution in [0.5, 0.6) is 0 Å². The molecule has 0 aromatic carbocycles. The Hall–Kier alpha value is -1.56. The highest BCUT2D eigenvalue weighted by Gasteiger charge is 2.22. The zero-order chi connectivity index (χ0) is 15.1. The molecule has 6 heteroatoms. The number of ether oxygens (including phenoxy) is 1. The minimum Gasteiger partial charge on any atom is -0.450 e. The molecule has 0 aliphatic carbocycles. The van der Waals surface area contributed by atoms with Gasteiger partial charge in [-0.3, -0.25) is 5.10 Å². The molecule has 118 valence electrons. The van der Waals surface area contributed by atoms with Crippen molar-refractivity contribution in [2.45, 2.75) is 45.6 Å². The molecule has 21 heavy (non-hydrogen) atoms. The maximum absolute atomic E-state index is 11.6. The van der Waals surface area contributed by atoms with Gasteiger partial charge in [0.1, 0.15) is 0 Å². The van der Waals surface area contributed by atoms with Gasteiger partial charge in [0.15, 0.2) is 0 Å². The number of hydrogen-bond acceptors (Lipinski definition) is 4. The first-order chi connectivity index (χ1) is 10.2. The third-order valence-corrected chi connectivity index (χ3v) is 4.01. The summed E-state index contributed by atoms with van der Waals surface area (Å²) in [6.07, 6.45) is 5.90. The van der Waals surface area contributed by atoms with Crippen LogP contribution < -0.4 is 5.32 Å². The highest BCUT2D eigenvalue weighted by atomic mass is 16.6. The minimum absolute atomic E-state index is 0.175. The number of rotatable bonds is 6. The lowest BCUT2D eigenvalue weighted by molar-refractivity contribution is 0.0951. The maximum Gasteiger partial charge on any atom is 0.409 e. The first-order valence-electron chi connectivity index (χ1n) is 7.84. The number of hydrogen-bond donors (Lipinski definition) is 2. The highest BCUT2D eigenvalue weighted by Crippen LogP contribution is 2.12. The van der Waals surface area contributed by atoms with Crippen LogP contribution >= 0.6 is 0 Å². The molecule has 6 nitrogen and oxygen atoms in total. The largest absolute Gasteiger partial charge is 0.450 e. The molecule has 1 aromatic rings. The molecule has 0 spiro atoms. The number of H-pyrrole nitrogens is 1. The molecule has 2 rings (SSSR count). The lowest BCUT2D eigenvalue weighted by atomic mass is 10.0. The lowest BCUT2D eigenvalue weighted by Gasteiger charge is -2.31. The number of carbonyl (C=O) groups is 1. The van der Waals surface area contributed by atoms with Crippen LogP contribution in [0.25, 0.3) is 0 Å². The highest BCUT2D eigenvalue weighted by molar-refractivity contribution is 5.67. The molecule has 1 amide bonds. The van der Waals surface area contributed by atoms with Gasteiger partial charge in [-0.25, -0.2) is 4.79 Å². The second-order valence-electron chi connectivity index (χ2n) is 5.54. The van der Waals surface area contributed by atoms with Crippen LogP contribution in [0.2, 0.25) is 0 Å². The van der Waals surface area contributed by atoms with Crippen LogP contribution in [-0.4, -0.2) is 53.5 Å². The summed E-state index contributed by atoms with van der Waals surface area (Å²) in [5.41, 5.74) is 2.46. The molecule has 1 aliphatic heterocycles. The van der Waals surface area contributed by atoms with Gasteiger partial charge in [0.2, 0.25) is 0 Å². The Morgan fingerprint density at radius 2 is 2.29 bits per heavy atom. The summed E-state index contributed by atoms with van der Waals surface area (Å²) in [5, 5.41) is 10.6. The summed E-state index contributed by atoms with van der Waals surface area (Å²) in [6, 6.07) is 0.515. The topological polar surface area (TPSA) is 70.2 Å². The number of amides is 1. The van der Waals surface area contributed by atoms with E-state index in [9.17, 15) is 4.79 Å². The number of likely N-dealkylation sites (tertiary alicyclic amines) is 1. The van der Waals surface area contributed by atoms with Gasteiger partial charge in [0.25, 0.3) is 0 Å². The Morgan fingerprint density at radius 3 is 2.90 bits per heavy atom. The fourth-order valence-electron chi connectivity index (χ4n) is 2.69. The normalized spacial score (nSPS) is 16.2. The average molecular weight is 294 g/mol. The van der Waals surface area contributed by atoms with E-state index in [1.54, 1.807) is 4.90 Å². The summed E-state index contributed by atoms with van der Waals surface area (Å²) in [5.74, 6) is 0. The standard InChI is InChI=1S/C15H26N4O2/c1-3-21-15(20)19-9-6-14(7-10-19)16-8-4-5-13-11-17-18-12(13)2/h11,14,16H,3-10H2,1-2H3,(H,17,18). The van der Waals surface area contributed by atoms with E-state index in [1.165, 1.54) is 5.56 Å². The number of aromatic amines is 1. The third kappa shape index (κ3) is 4.74. The van der Waals surface area contributed by atoms with Crippen LogP contribution in [0.3, 0.4) is 0 Å². The predicted molar refractivity (Wildman–Crippen MR) is 81.3 cm³/mol. The van der Waals surface area contributed by atoms with Crippen LogP contribution in [0.1, 0.15) is 37.4 Å². The lowest BCUT2D eigenvalue weighted by Crippen LogP contribution is -2.45. The van der Waals surface area contributed by atoms with Gasteiger partial charge in [-0.05, 0) is 51.6 Å². The van der Waals surface area contributed by atoms with Crippen molar-refractivity contribution in [1.82, 2.24) is 20.4 Å². The smallest absolute Gasteiger partial charge is 0.409 e. The van der Waals surface area contributed by atoms with Crippen molar-refractivity contribution in [1.29, 1.82) is 0 Å². The quantitative estimate of drug-likeness (QED) is 0.786. The van der Waals surface area contributed by atoms with E-state index < -0.39 is 0 Å². The molecule has 1 fully saturated rings. The molecule has 1 aliphatic rings. The van der Waals surface area contributed by atoms with Gasteiger partial charge < -0.3 is 15.0 Å². The average Bonchev–Trinajstić information content (AvgIpc) is 2.90. The monoisotopic (exact) mass is 294 g/mol. The van der Waals surface area contributed by atoms with Gasteiger partial charge in [-0.1, -0.05) is 0 Å². The van der Waals surface area contributed by atoms with Crippen molar-refractivity contribution in [2.24, 2.45) is 0 Å². The van der Waals surface area contributed by atoms with Crippen molar-refractivity contribution in [3.05, 3.63) is 17.5 Å². The van der Waals surface area contributed by atoms with E-state index in [0.29, 0.717) is 12.6 Å². The molecule has 2 N–H and O–H groups in total. The first-order valence-corrected chi connectivity index (χ1v) is 7.84. The Morgan fingerprint density at radius 1 is 1.52 bits per heavy atom. The second kappa shape index (κ2) is 8.02. The molecule has 1 aromatic heterocycles. The fourth-order valence-corrected chi connectivity index (χ4v) is 2.69. The summed E-state index contributed by atoms with van der Waals surface area (Å²) < 4.78 is 5.03. The number of carbonyl (C=O) groups excluding carboxylic acids is 1. The van der Waals surface area contributed by atoms with Crippen LogP contribution in [0, 0.1) is 6.92 Å². The van der Waals surface area contributed by atoms with Crippen LogP contribution in [0.15, 0.2) is 6.20 Å². The van der Waals surface area contributed by atoms with Gasteiger partial charge in [0, 0.05) is 24.8 Å². The molecule has 0 saturated carbocycles. The van der Waals surface area contributed by atoms with Crippen molar-refractivity contribution in [2.75, 3.05) is 26.2 Å². The summed E-state index contributed by atoms with van der Waals surface area (Å²) in [4.78, 5) is 13.4. The Bertz CT molecular complexity index is 439. The molecule has 2 heterocycles. The molecular formula is C15H26N4O2. The van der Waals surface area contributed by atoms with Gasteiger partial charge >= 0.3 is 6.09 Å². The van der Waals surface area contributed by atoms with E-state index >= 15 is 0 Å². The minimum atomic E-state index is -0.175. The second-order valence-corrected chi connectivity index (χ2v) is 5.54. The zero-order valence-electron chi connectivity index (χ0n) is 13.0. The van der Waals surface area contributed by atoms with E-state index in [2.05, 4.69) is 22.4 Å². The van der Waals surface area contributed by atoms with E-state index in [4.69, 9.17) is 4.74 Å².